The van der Waals surface area contributed by atoms with E-state index >= 15 is 0 Å². The third kappa shape index (κ3) is 5.19. The lowest BCUT2D eigenvalue weighted by Crippen LogP contribution is -2.40. The van der Waals surface area contributed by atoms with Crippen LogP contribution < -0.4 is 11.1 Å². The van der Waals surface area contributed by atoms with E-state index < -0.39 is 6.04 Å². The molecule has 2 rings (SSSR count). The number of H-pyrrole nitrogens is 1. The molecule has 5 nitrogen and oxygen atoms in total. The van der Waals surface area contributed by atoms with E-state index in [4.69, 9.17) is 5.73 Å². The summed E-state index contributed by atoms with van der Waals surface area (Å²) < 4.78 is 0. The van der Waals surface area contributed by atoms with Gasteiger partial charge in [0.25, 0.3) is 0 Å². The van der Waals surface area contributed by atoms with Gasteiger partial charge < -0.3 is 16.0 Å². The molecule has 2 unspecified atom stereocenters. The summed E-state index contributed by atoms with van der Waals surface area (Å²) in [4.78, 5) is 19.8. The zero-order valence-electron chi connectivity index (χ0n) is 14.0. The van der Waals surface area contributed by atoms with Gasteiger partial charge in [-0.15, -0.1) is 0 Å². The Kier molecular flexibility index (Phi) is 7.49. The number of imidazole rings is 1. The standard InChI is InChI=1S/C18H26N4OS/c1-2-3-9-15(20-11-17(23)14(19)12-24)18-21-10-16(22-18)13-7-5-4-6-8-13/h4-8,10,14-15,20,24H,2-3,9,11-12,19H2,1H3,(H,21,22). The van der Waals surface area contributed by atoms with Crippen LogP contribution in [0.3, 0.4) is 0 Å². The fraction of sp³-hybridized carbons (Fsp3) is 0.444. The number of thiol groups is 1. The second-order valence-corrected chi connectivity index (χ2v) is 6.24. The molecule has 6 heteroatoms. The number of nitrogens with one attached hydrogen (secondary N) is 2. The Balaban J connectivity index is 2.07. The van der Waals surface area contributed by atoms with E-state index in [-0.39, 0.29) is 18.4 Å². The van der Waals surface area contributed by atoms with Crippen LogP contribution >= 0.6 is 12.6 Å². The maximum atomic E-state index is 11.9. The Bertz CT molecular complexity index is 629. The van der Waals surface area contributed by atoms with Crippen LogP contribution in [-0.2, 0) is 4.79 Å². The van der Waals surface area contributed by atoms with Gasteiger partial charge in [0.15, 0.2) is 5.78 Å². The van der Waals surface area contributed by atoms with Crippen LogP contribution in [0.5, 0.6) is 0 Å². The highest BCUT2D eigenvalue weighted by Gasteiger charge is 2.18. The van der Waals surface area contributed by atoms with Crippen molar-refractivity contribution in [2.24, 2.45) is 5.73 Å². The van der Waals surface area contributed by atoms with Crippen LogP contribution in [0.1, 0.15) is 38.1 Å². The minimum Gasteiger partial charge on any atom is -0.341 e. The first-order valence-corrected chi connectivity index (χ1v) is 9.01. The number of hydrogen-bond acceptors (Lipinski definition) is 5. The van der Waals surface area contributed by atoms with Crippen molar-refractivity contribution in [1.82, 2.24) is 15.3 Å². The van der Waals surface area contributed by atoms with E-state index in [1.54, 1.807) is 0 Å². The normalized spacial score (nSPS) is 13.6. The number of carbonyl (C=O) groups is 1. The van der Waals surface area contributed by atoms with E-state index in [1.807, 2.05) is 36.5 Å². The number of carbonyl (C=O) groups excluding carboxylic acids is 1. The highest BCUT2D eigenvalue weighted by atomic mass is 32.1. The first-order valence-electron chi connectivity index (χ1n) is 8.38. The van der Waals surface area contributed by atoms with Gasteiger partial charge in [-0.1, -0.05) is 50.1 Å². The molecular formula is C18H26N4OS. The van der Waals surface area contributed by atoms with Gasteiger partial charge >= 0.3 is 0 Å². The summed E-state index contributed by atoms with van der Waals surface area (Å²) >= 11 is 4.08. The molecule has 0 fully saturated rings. The summed E-state index contributed by atoms with van der Waals surface area (Å²) in [6, 6.07) is 9.56. The first kappa shape index (κ1) is 18.7. The van der Waals surface area contributed by atoms with Crippen molar-refractivity contribution < 1.29 is 4.79 Å². The number of benzene rings is 1. The molecule has 0 amide bonds. The summed E-state index contributed by atoms with van der Waals surface area (Å²) in [5.74, 6) is 1.19. The van der Waals surface area contributed by atoms with E-state index in [1.165, 1.54) is 0 Å². The average molecular weight is 346 g/mol. The number of aromatic amines is 1. The maximum absolute atomic E-state index is 11.9. The summed E-state index contributed by atoms with van der Waals surface area (Å²) in [6.45, 7) is 2.38. The van der Waals surface area contributed by atoms with Crippen molar-refractivity contribution in [3.8, 4) is 11.3 Å². The second kappa shape index (κ2) is 9.61. The predicted molar refractivity (Wildman–Crippen MR) is 101 cm³/mol. The highest BCUT2D eigenvalue weighted by molar-refractivity contribution is 7.80. The van der Waals surface area contributed by atoms with E-state index in [2.05, 4.69) is 34.8 Å². The van der Waals surface area contributed by atoms with Crippen molar-refractivity contribution in [1.29, 1.82) is 0 Å². The Morgan fingerprint density at radius 3 is 2.79 bits per heavy atom. The van der Waals surface area contributed by atoms with Gasteiger partial charge in [-0.25, -0.2) is 4.98 Å². The number of Topliss-reactive ketones (excluding diaryl/α,β-unsaturated/α-hetero) is 1. The van der Waals surface area contributed by atoms with Crippen molar-refractivity contribution in [3.63, 3.8) is 0 Å². The zero-order valence-corrected chi connectivity index (χ0v) is 14.9. The SMILES string of the molecule is CCCCC(NCC(=O)C(N)CS)c1ncc(-c2ccccc2)[nH]1. The van der Waals surface area contributed by atoms with E-state index in [0.29, 0.717) is 5.75 Å². The minimum atomic E-state index is -0.524. The summed E-state index contributed by atoms with van der Waals surface area (Å²) in [5.41, 5.74) is 7.81. The number of rotatable bonds is 10. The maximum Gasteiger partial charge on any atom is 0.164 e. The Morgan fingerprint density at radius 2 is 2.12 bits per heavy atom. The van der Waals surface area contributed by atoms with E-state index in [9.17, 15) is 4.79 Å². The van der Waals surface area contributed by atoms with Crippen molar-refractivity contribution in [3.05, 3.63) is 42.4 Å². The Labute approximate surface area is 148 Å². The van der Waals surface area contributed by atoms with Crippen LogP contribution in [0.15, 0.2) is 36.5 Å². The number of nitrogens with two attached hydrogens (primary N) is 1. The van der Waals surface area contributed by atoms with Gasteiger partial charge in [-0.2, -0.15) is 12.6 Å². The molecule has 0 saturated heterocycles. The molecular weight excluding hydrogens is 320 g/mol. The number of aromatic nitrogens is 2. The fourth-order valence-corrected chi connectivity index (χ4v) is 2.68. The van der Waals surface area contributed by atoms with Crippen LogP contribution in [0, 0.1) is 0 Å². The van der Waals surface area contributed by atoms with Crippen LogP contribution in [-0.4, -0.2) is 34.1 Å². The number of nitrogens with zero attached hydrogens (tertiary/aromatic N) is 1. The lowest BCUT2D eigenvalue weighted by Gasteiger charge is -2.17. The monoisotopic (exact) mass is 346 g/mol. The average Bonchev–Trinajstić information content (AvgIpc) is 3.11. The predicted octanol–water partition coefficient (Wildman–Crippen LogP) is 2.72. The third-order valence-corrected chi connectivity index (χ3v) is 4.38. The molecule has 2 aromatic rings. The molecule has 0 saturated carbocycles. The molecule has 1 aromatic heterocycles. The van der Waals surface area contributed by atoms with Gasteiger partial charge in [0.2, 0.25) is 0 Å². The Hall–Kier alpha value is -1.63. The zero-order chi connectivity index (χ0) is 17.4. The van der Waals surface area contributed by atoms with Crippen molar-refractivity contribution >= 4 is 18.4 Å². The quantitative estimate of drug-likeness (QED) is 0.499. The van der Waals surface area contributed by atoms with Gasteiger partial charge in [-0.05, 0) is 12.0 Å². The van der Waals surface area contributed by atoms with Crippen molar-refractivity contribution in [2.45, 2.75) is 38.3 Å². The molecule has 0 bridgehead atoms. The number of hydrogen-bond donors (Lipinski definition) is 4. The van der Waals surface area contributed by atoms with Crippen LogP contribution in [0.2, 0.25) is 0 Å². The molecule has 0 aliphatic heterocycles. The minimum absolute atomic E-state index is 0.0125. The molecule has 0 radical (unpaired) electrons. The lowest BCUT2D eigenvalue weighted by atomic mass is 10.1. The molecule has 0 aliphatic carbocycles. The van der Waals surface area contributed by atoms with Crippen molar-refractivity contribution in [2.75, 3.05) is 12.3 Å². The summed E-state index contributed by atoms with van der Waals surface area (Å²) in [6.07, 6.45) is 4.91. The molecule has 1 heterocycles. The topological polar surface area (TPSA) is 83.8 Å². The molecule has 2 atom stereocenters. The second-order valence-electron chi connectivity index (χ2n) is 5.88. The number of unbranched alkanes of at least 4 members (excludes halogenated alkanes) is 1. The smallest absolute Gasteiger partial charge is 0.164 e. The van der Waals surface area contributed by atoms with E-state index in [0.717, 1.165) is 36.3 Å². The van der Waals surface area contributed by atoms with Gasteiger partial charge in [0.1, 0.15) is 5.82 Å². The first-order chi connectivity index (χ1) is 11.7. The van der Waals surface area contributed by atoms with Gasteiger partial charge in [0, 0.05) is 5.75 Å². The van der Waals surface area contributed by atoms with Gasteiger partial charge in [0.05, 0.1) is 30.5 Å². The Morgan fingerprint density at radius 1 is 1.38 bits per heavy atom. The summed E-state index contributed by atoms with van der Waals surface area (Å²) in [7, 11) is 0. The van der Waals surface area contributed by atoms with Crippen LogP contribution in [0.4, 0.5) is 0 Å². The highest BCUT2D eigenvalue weighted by Crippen LogP contribution is 2.21. The molecule has 4 N–H and O–H groups in total. The third-order valence-electron chi connectivity index (χ3n) is 3.99. The molecule has 130 valence electrons. The summed E-state index contributed by atoms with van der Waals surface area (Å²) in [5, 5.41) is 3.29. The lowest BCUT2D eigenvalue weighted by molar-refractivity contribution is -0.119. The molecule has 0 spiro atoms. The molecule has 0 aliphatic rings. The largest absolute Gasteiger partial charge is 0.341 e. The van der Waals surface area contributed by atoms with Gasteiger partial charge in [-0.3, -0.25) is 4.79 Å². The molecule has 24 heavy (non-hydrogen) atoms. The van der Waals surface area contributed by atoms with Crippen LogP contribution in [0.25, 0.3) is 11.3 Å². The molecule has 1 aromatic carbocycles. The fourth-order valence-electron chi connectivity index (χ4n) is 2.48. The number of ketones is 1.